The van der Waals surface area contributed by atoms with Gasteiger partial charge in [-0.1, -0.05) is 35.4 Å². The third-order valence-electron chi connectivity index (χ3n) is 3.50. The van der Waals surface area contributed by atoms with Crippen molar-refractivity contribution >= 4 is 33.4 Å². The number of halogens is 1. The minimum Gasteiger partial charge on any atom is -0.454 e. The molecule has 0 amide bonds. The van der Waals surface area contributed by atoms with Crippen molar-refractivity contribution in [1.29, 1.82) is 0 Å². The van der Waals surface area contributed by atoms with Gasteiger partial charge in [0.2, 0.25) is 15.8 Å². The van der Waals surface area contributed by atoms with Gasteiger partial charge in [0.05, 0.1) is 15.5 Å². The summed E-state index contributed by atoms with van der Waals surface area (Å²) in [5.74, 6) is -1.28. The fourth-order valence-electron chi connectivity index (χ4n) is 2.25. The Labute approximate surface area is 150 Å². The van der Waals surface area contributed by atoms with E-state index in [0.717, 1.165) is 17.2 Å². The Kier molecular flexibility index (Phi) is 5.62. The van der Waals surface area contributed by atoms with Crippen molar-refractivity contribution in [3.8, 4) is 0 Å². The second-order valence-corrected chi connectivity index (χ2v) is 7.47. The van der Waals surface area contributed by atoms with Crippen LogP contribution in [0.3, 0.4) is 0 Å². The van der Waals surface area contributed by atoms with E-state index in [9.17, 15) is 18.0 Å². The van der Waals surface area contributed by atoms with Crippen LogP contribution in [-0.2, 0) is 14.8 Å². The number of nitrogens with two attached hydrogens (primary N) is 1. The summed E-state index contributed by atoms with van der Waals surface area (Å²) in [6, 6.07) is 8.71. The van der Waals surface area contributed by atoms with Crippen molar-refractivity contribution in [1.82, 2.24) is 0 Å². The molecule has 2 N–H and O–H groups in total. The quantitative estimate of drug-likeness (QED) is 0.633. The zero-order chi connectivity index (χ0) is 18.8. The normalized spacial score (nSPS) is 11.2. The fraction of sp³-hybridized carbons (Fsp3) is 0.176. The molecule has 2 aromatic carbocycles. The summed E-state index contributed by atoms with van der Waals surface area (Å²) in [7, 11) is -3.99. The summed E-state index contributed by atoms with van der Waals surface area (Å²) in [5, 5.41) is 5.02. The van der Waals surface area contributed by atoms with Gasteiger partial charge < -0.3 is 4.74 Å². The number of carbonyl (C=O) groups is 2. The molecule has 0 heterocycles. The Bertz CT molecular complexity index is 954. The highest BCUT2D eigenvalue weighted by molar-refractivity contribution is 7.89. The summed E-state index contributed by atoms with van der Waals surface area (Å²) >= 11 is 5.89. The van der Waals surface area contributed by atoms with Crippen LogP contribution in [0.1, 0.15) is 31.8 Å². The van der Waals surface area contributed by atoms with Gasteiger partial charge in [0.25, 0.3) is 0 Å². The zero-order valence-electron chi connectivity index (χ0n) is 13.6. The maximum Gasteiger partial charge on any atom is 0.340 e. The van der Waals surface area contributed by atoms with Gasteiger partial charge in [-0.2, -0.15) is 0 Å². The van der Waals surface area contributed by atoms with E-state index in [2.05, 4.69) is 0 Å². The first-order chi connectivity index (χ1) is 11.6. The first-order valence-electron chi connectivity index (χ1n) is 7.19. The lowest BCUT2D eigenvalue weighted by Gasteiger charge is -2.09. The number of hydrogen-bond acceptors (Lipinski definition) is 5. The smallest absolute Gasteiger partial charge is 0.340 e. The highest BCUT2D eigenvalue weighted by Crippen LogP contribution is 2.21. The molecular weight excluding hydrogens is 366 g/mol. The molecule has 6 nitrogen and oxygen atoms in total. The van der Waals surface area contributed by atoms with Crippen LogP contribution in [-0.4, -0.2) is 26.8 Å². The highest BCUT2D eigenvalue weighted by Gasteiger charge is 2.19. The molecule has 25 heavy (non-hydrogen) atoms. The van der Waals surface area contributed by atoms with E-state index in [0.29, 0.717) is 5.56 Å². The van der Waals surface area contributed by atoms with E-state index in [1.54, 1.807) is 19.1 Å². The molecule has 0 spiro atoms. The maximum atomic E-state index is 12.2. The highest BCUT2D eigenvalue weighted by atomic mass is 35.5. The summed E-state index contributed by atoms with van der Waals surface area (Å²) in [4.78, 5) is 24.0. The molecule has 0 atom stereocenters. The van der Waals surface area contributed by atoms with Crippen molar-refractivity contribution in [2.75, 3.05) is 6.61 Å². The van der Waals surface area contributed by atoms with E-state index in [1.807, 2.05) is 13.0 Å². The lowest BCUT2D eigenvalue weighted by atomic mass is 10.0. The van der Waals surface area contributed by atoms with Gasteiger partial charge in [-0.25, -0.2) is 18.4 Å². The first kappa shape index (κ1) is 19.1. The average Bonchev–Trinajstić information content (AvgIpc) is 2.51. The number of hydrogen-bond donors (Lipinski definition) is 1. The van der Waals surface area contributed by atoms with Crippen molar-refractivity contribution < 1.29 is 22.7 Å². The van der Waals surface area contributed by atoms with E-state index in [-0.39, 0.29) is 21.3 Å². The predicted octanol–water partition coefficient (Wildman–Crippen LogP) is 2.64. The standard InChI is InChI=1S/C17H16ClNO5S/c1-10-3-5-13(11(2)7-10)16(20)9-24-17(21)14-8-12(25(19,22)23)4-6-15(14)18/h3-8H,9H2,1-2H3,(H2,19,22,23). The molecule has 0 saturated heterocycles. The minimum absolute atomic E-state index is 0.00337. The third-order valence-corrected chi connectivity index (χ3v) is 4.74. The van der Waals surface area contributed by atoms with Crippen LogP contribution in [0.15, 0.2) is 41.3 Å². The van der Waals surface area contributed by atoms with Gasteiger partial charge >= 0.3 is 5.97 Å². The van der Waals surface area contributed by atoms with Crippen LogP contribution < -0.4 is 5.14 Å². The van der Waals surface area contributed by atoms with Gasteiger partial charge in [0, 0.05) is 5.56 Å². The Morgan fingerprint density at radius 3 is 2.36 bits per heavy atom. The maximum absolute atomic E-state index is 12.2. The summed E-state index contributed by atoms with van der Waals surface area (Å²) in [6.45, 7) is 3.20. The number of ether oxygens (including phenoxy) is 1. The fourth-order valence-corrected chi connectivity index (χ4v) is 2.99. The molecule has 0 unspecified atom stereocenters. The molecule has 0 saturated carbocycles. The second kappa shape index (κ2) is 7.35. The SMILES string of the molecule is Cc1ccc(C(=O)COC(=O)c2cc(S(N)(=O)=O)ccc2Cl)c(C)c1. The molecule has 0 radical (unpaired) electrons. The molecule has 2 rings (SSSR count). The van der Waals surface area contributed by atoms with E-state index in [1.165, 1.54) is 12.1 Å². The number of carbonyl (C=O) groups excluding carboxylic acids is 2. The Hall–Kier alpha value is -2.22. The monoisotopic (exact) mass is 381 g/mol. The zero-order valence-corrected chi connectivity index (χ0v) is 15.1. The van der Waals surface area contributed by atoms with Crippen LogP contribution >= 0.6 is 11.6 Å². The topological polar surface area (TPSA) is 104 Å². The number of esters is 1. The molecule has 8 heteroatoms. The van der Waals surface area contributed by atoms with Crippen LogP contribution in [0.5, 0.6) is 0 Å². The molecule has 0 aliphatic heterocycles. The predicted molar refractivity (Wildman–Crippen MR) is 93.4 cm³/mol. The number of rotatable bonds is 5. The van der Waals surface area contributed by atoms with Gasteiger partial charge in [-0.15, -0.1) is 0 Å². The lowest BCUT2D eigenvalue weighted by molar-refractivity contribution is 0.0474. The van der Waals surface area contributed by atoms with Crippen molar-refractivity contribution in [3.05, 3.63) is 63.7 Å². The molecule has 0 fully saturated rings. The molecule has 0 bridgehead atoms. The summed E-state index contributed by atoms with van der Waals surface area (Å²) in [6.07, 6.45) is 0. The van der Waals surface area contributed by atoms with Gasteiger partial charge in [0.1, 0.15) is 0 Å². The third kappa shape index (κ3) is 4.66. The molecule has 132 valence electrons. The number of ketones is 1. The second-order valence-electron chi connectivity index (χ2n) is 5.50. The van der Waals surface area contributed by atoms with Gasteiger partial charge in [-0.3, -0.25) is 4.79 Å². The molecule has 0 aliphatic rings. The summed E-state index contributed by atoms with van der Waals surface area (Å²) < 4.78 is 27.7. The number of Topliss-reactive ketones (excluding diaryl/α,β-unsaturated/α-hetero) is 1. The van der Waals surface area contributed by atoms with E-state index in [4.69, 9.17) is 21.5 Å². The molecule has 2 aromatic rings. The number of benzene rings is 2. The van der Waals surface area contributed by atoms with Gasteiger partial charge in [0.15, 0.2) is 6.61 Å². The Balaban J connectivity index is 2.16. The van der Waals surface area contributed by atoms with Crippen molar-refractivity contribution in [2.45, 2.75) is 18.7 Å². The van der Waals surface area contributed by atoms with E-state index < -0.39 is 22.6 Å². The molecule has 0 aromatic heterocycles. The van der Waals surface area contributed by atoms with Gasteiger partial charge in [-0.05, 0) is 37.6 Å². The number of sulfonamides is 1. The van der Waals surface area contributed by atoms with E-state index >= 15 is 0 Å². The van der Waals surface area contributed by atoms with Crippen LogP contribution in [0, 0.1) is 13.8 Å². The largest absolute Gasteiger partial charge is 0.454 e. The van der Waals surface area contributed by atoms with Crippen LogP contribution in [0.4, 0.5) is 0 Å². The number of aryl methyl sites for hydroxylation is 2. The first-order valence-corrected chi connectivity index (χ1v) is 9.12. The number of primary sulfonamides is 1. The minimum atomic E-state index is -3.99. The Morgan fingerprint density at radius 2 is 1.76 bits per heavy atom. The molecule has 0 aliphatic carbocycles. The lowest BCUT2D eigenvalue weighted by Crippen LogP contribution is -2.17. The van der Waals surface area contributed by atoms with Crippen LogP contribution in [0.25, 0.3) is 0 Å². The average molecular weight is 382 g/mol. The Morgan fingerprint density at radius 1 is 1.08 bits per heavy atom. The van der Waals surface area contributed by atoms with Crippen molar-refractivity contribution in [3.63, 3.8) is 0 Å². The van der Waals surface area contributed by atoms with Crippen molar-refractivity contribution in [2.24, 2.45) is 5.14 Å². The molecular formula is C17H16ClNO5S. The summed E-state index contributed by atoms with van der Waals surface area (Å²) in [5.41, 5.74) is 2.05. The van der Waals surface area contributed by atoms with Crippen LogP contribution in [0.2, 0.25) is 5.02 Å².